The summed E-state index contributed by atoms with van der Waals surface area (Å²) in [6.45, 7) is 7.74. The summed E-state index contributed by atoms with van der Waals surface area (Å²) >= 11 is 0. The summed E-state index contributed by atoms with van der Waals surface area (Å²) < 4.78 is 11.1. The average Bonchev–Trinajstić information content (AvgIpc) is 2.17. The van der Waals surface area contributed by atoms with E-state index < -0.39 is 0 Å². The van der Waals surface area contributed by atoms with E-state index in [-0.39, 0.29) is 17.9 Å². The number of rotatable bonds is 1. The molecule has 2 rings (SSSR count). The molecule has 0 bridgehead atoms. The highest BCUT2D eigenvalue weighted by Crippen LogP contribution is 2.30. The van der Waals surface area contributed by atoms with Crippen molar-refractivity contribution in [1.29, 1.82) is 0 Å². The Hall–Kier alpha value is -0.160. The molecule has 2 aliphatic heterocycles. The van der Waals surface area contributed by atoms with Crippen molar-refractivity contribution in [3.05, 3.63) is 0 Å². The van der Waals surface area contributed by atoms with Gasteiger partial charge in [-0.05, 0) is 13.8 Å². The molecule has 0 saturated carbocycles. The molecule has 2 heterocycles. The first-order valence-corrected chi connectivity index (χ1v) is 5.87. The first-order chi connectivity index (χ1) is 7.10. The summed E-state index contributed by atoms with van der Waals surface area (Å²) in [4.78, 5) is 2.37. The molecule has 15 heavy (non-hydrogen) atoms. The predicted octanol–water partition coefficient (Wildman–Crippen LogP) is 0.561. The highest BCUT2D eigenvalue weighted by Gasteiger charge is 2.40. The maximum atomic E-state index is 6.50. The first kappa shape index (κ1) is 11.3. The summed E-state index contributed by atoms with van der Waals surface area (Å²) in [5, 5.41) is 0. The molecule has 2 fully saturated rings. The van der Waals surface area contributed by atoms with E-state index in [0.717, 1.165) is 39.1 Å². The zero-order valence-electron chi connectivity index (χ0n) is 9.74. The van der Waals surface area contributed by atoms with E-state index in [1.54, 1.807) is 0 Å². The minimum Gasteiger partial charge on any atom is -0.379 e. The lowest BCUT2D eigenvalue weighted by atomic mass is 9.91. The fourth-order valence-electron chi connectivity index (χ4n) is 2.84. The minimum atomic E-state index is -0.180. The van der Waals surface area contributed by atoms with Gasteiger partial charge in [-0.25, -0.2) is 0 Å². The summed E-state index contributed by atoms with van der Waals surface area (Å²) in [5.74, 6) is 0. The van der Waals surface area contributed by atoms with Crippen molar-refractivity contribution in [2.45, 2.75) is 44.6 Å². The Balaban J connectivity index is 2.02. The van der Waals surface area contributed by atoms with E-state index in [4.69, 9.17) is 15.2 Å². The second-order valence-corrected chi connectivity index (χ2v) is 4.87. The van der Waals surface area contributed by atoms with Gasteiger partial charge in [-0.15, -0.1) is 0 Å². The minimum absolute atomic E-state index is 0.180. The zero-order chi connectivity index (χ0) is 10.9. The van der Waals surface area contributed by atoms with E-state index in [0.29, 0.717) is 0 Å². The van der Waals surface area contributed by atoms with Crippen molar-refractivity contribution in [2.24, 2.45) is 5.73 Å². The molecule has 4 heteroatoms. The van der Waals surface area contributed by atoms with Crippen LogP contribution in [0.25, 0.3) is 0 Å². The van der Waals surface area contributed by atoms with Gasteiger partial charge >= 0.3 is 0 Å². The molecule has 0 aromatic carbocycles. The van der Waals surface area contributed by atoms with E-state index in [2.05, 4.69) is 18.7 Å². The third-order valence-electron chi connectivity index (χ3n) is 3.39. The summed E-state index contributed by atoms with van der Waals surface area (Å²) in [6, 6.07) is 0. The van der Waals surface area contributed by atoms with E-state index in [9.17, 15) is 0 Å². The molecule has 2 atom stereocenters. The Kier molecular flexibility index (Phi) is 3.30. The van der Waals surface area contributed by atoms with Crippen LogP contribution < -0.4 is 5.73 Å². The molecule has 0 radical (unpaired) electrons. The Morgan fingerprint density at radius 1 is 1.13 bits per heavy atom. The molecule has 0 spiro atoms. The maximum absolute atomic E-state index is 6.50. The smallest absolute Gasteiger partial charge is 0.0738 e. The highest BCUT2D eigenvalue weighted by molar-refractivity contribution is 4.92. The van der Waals surface area contributed by atoms with E-state index in [1.165, 1.54) is 0 Å². The van der Waals surface area contributed by atoms with Crippen molar-refractivity contribution in [1.82, 2.24) is 4.90 Å². The molecule has 0 amide bonds. The topological polar surface area (TPSA) is 47.7 Å². The van der Waals surface area contributed by atoms with Gasteiger partial charge < -0.3 is 15.2 Å². The molecule has 2 unspecified atom stereocenters. The van der Waals surface area contributed by atoms with Gasteiger partial charge in [-0.2, -0.15) is 0 Å². The predicted molar refractivity (Wildman–Crippen MR) is 58.6 cm³/mol. The van der Waals surface area contributed by atoms with Crippen LogP contribution in [0.4, 0.5) is 0 Å². The lowest BCUT2D eigenvalue weighted by molar-refractivity contribution is -0.122. The van der Waals surface area contributed by atoms with Crippen LogP contribution in [0, 0.1) is 0 Å². The van der Waals surface area contributed by atoms with Gasteiger partial charge in [0.15, 0.2) is 0 Å². The van der Waals surface area contributed by atoms with Gasteiger partial charge in [0.1, 0.15) is 0 Å². The van der Waals surface area contributed by atoms with Gasteiger partial charge in [-0.1, -0.05) is 0 Å². The number of nitrogens with two attached hydrogens (primary N) is 1. The maximum Gasteiger partial charge on any atom is 0.0738 e. The highest BCUT2D eigenvalue weighted by atomic mass is 16.5. The molecule has 88 valence electrons. The van der Waals surface area contributed by atoms with Crippen LogP contribution in [-0.4, -0.2) is 49.1 Å². The quantitative estimate of drug-likeness (QED) is 0.693. The molecule has 0 aliphatic carbocycles. The zero-order valence-corrected chi connectivity index (χ0v) is 9.74. The molecule has 4 nitrogen and oxygen atoms in total. The molecule has 2 aliphatic rings. The molecule has 0 aromatic rings. The molecule has 2 N–H and O–H groups in total. The van der Waals surface area contributed by atoms with Gasteiger partial charge in [0, 0.05) is 25.9 Å². The van der Waals surface area contributed by atoms with Crippen molar-refractivity contribution >= 4 is 0 Å². The number of hydrogen-bond donors (Lipinski definition) is 1. The van der Waals surface area contributed by atoms with Gasteiger partial charge in [0.25, 0.3) is 0 Å². The lowest BCUT2D eigenvalue weighted by Crippen LogP contribution is -2.64. The molecular formula is C11H22N2O2. The summed E-state index contributed by atoms with van der Waals surface area (Å²) in [6.07, 6.45) is 2.39. The van der Waals surface area contributed by atoms with Crippen LogP contribution in [0.5, 0.6) is 0 Å². The third kappa shape index (κ3) is 2.50. The molecule has 2 saturated heterocycles. The van der Waals surface area contributed by atoms with Crippen LogP contribution in [0.15, 0.2) is 0 Å². The van der Waals surface area contributed by atoms with Gasteiger partial charge in [0.2, 0.25) is 0 Å². The Morgan fingerprint density at radius 3 is 2.20 bits per heavy atom. The van der Waals surface area contributed by atoms with Crippen LogP contribution in [-0.2, 0) is 9.47 Å². The fraction of sp³-hybridized carbons (Fsp3) is 1.00. The fourth-order valence-corrected chi connectivity index (χ4v) is 2.84. The van der Waals surface area contributed by atoms with E-state index >= 15 is 0 Å². The van der Waals surface area contributed by atoms with Crippen LogP contribution in [0.2, 0.25) is 0 Å². The van der Waals surface area contributed by atoms with Crippen molar-refractivity contribution in [3.8, 4) is 0 Å². The SMILES string of the molecule is CC1CC(N)(N2CCOCC2)CC(C)O1. The van der Waals surface area contributed by atoms with Crippen molar-refractivity contribution in [3.63, 3.8) is 0 Å². The summed E-state index contributed by atoms with van der Waals surface area (Å²) in [7, 11) is 0. The normalized spacial score (nSPS) is 44.2. The second-order valence-electron chi connectivity index (χ2n) is 4.87. The van der Waals surface area contributed by atoms with Gasteiger partial charge in [0.05, 0.1) is 31.1 Å². The first-order valence-electron chi connectivity index (χ1n) is 5.87. The largest absolute Gasteiger partial charge is 0.379 e. The Labute approximate surface area is 91.7 Å². The Bertz CT molecular complexity index is 207. The monoisotopic (exact) mass is 214 g/mol. The average molecular weight is 214 g/mol. The van der Waals surface area contributed by atoms with Crippen molar-refractivity contribution < 1.29 is 9.47 Å². The number of morpholine rings is 1. The summed E-state index contributed by atoms with van der Waals surface area (Å²) in [5.41, 5.74) is 6.33. The number of nitrogens with zero attached hydrogens (tertiary/aromatic N) is 1. The third-order valence-corrected chi connectivity index (χ3v) is 3.39. The van der Waals surface area contributed by atoms with Gasteiger partial charge in [-0.3, -0.25) is 4.90 Å². The number of hydrogen-bond acceptors (Lipinski definition) is 4. The molecular weight excluding hydrogens is 192 g/mol. The second kappa shape index (κ2) is 4.37. The lowest BCUT2D eigenvalue weighted by Gasteiger charge is -2.48. The standard InChI is InChI=1S/C11H22N2O2/c1-9-7-11(12,8-10(2)15-9)13-3-5-14-6-4-13/h9-10H,3-8,12H2,1-2H3. The van der Waals surface area contributed by atoms with Crippen molar-refractivity contribution in [2.75, 3.05) is 26.3 Å². The van der Waals surface area contributed by atoms with Crippen LogP contribution >= 0.6 is 0 Å². The Morgan fingerprint density at radius 2 is 1.67 bits per heavy atom. The van der Waals surface area contributed by atoms with Crippen LogP contribution in [0.1, 0.15) is 26.7 Å². The van der Waals surface area contributed by atoms with E-state index in [1.807, 2.05) is 0 Å². The number of ether oxygens (including phenoxy) is 2. The van der Waals surface area contributed by atoms with Crippen LogP contribution in [0.3, 0.4) is 0 Å². The molecule has 0 aromatic heterocycles.